The minimum Gasteiger partial charge on any atom is -0.448 e. The summed E-state index contributed by atoms with van der Waals surface area (Å²) in [4.78, 5) is 3.93. The van der Waals surface area contributed by atoms with Crippen molar-refractivity contribution < 1.29 is 4.42 Å². The number of rotatable bonds is 1. The monoisotopic (exact) mass is 151 g/mol. The second-order valence-corrected chi connectivity index (χ2v) is 3.24. The van der Waals surface area contributed by atoms with Gasteiger partial charge in [-0.15, -0.1) is 0 Å². The van der Waals surface area contributed by atoms with E-state index in [1.165, 1.54) is 38.5 Å². The Balaban J connectivity index is 2.04. The van der Waals surface area contributed by atoms with E-state index in [1.54, 1.807) is 0 Å². The molecule has 1 aliphatic rings. The predicted octanol–water partition coefficient (Wildman–Crippen LogP) is 2.72. The Morgan fingerprint density at radius 3 is 2.73 bits per heavy atom. The lowest BCUT2D eigenvalue weighted by molar-refractivity contribution is 0.374. The SMILES string of the molecule is c1ncc(C2CCCCC2)o1. The normalized spacial score (nSPS) is 20.4. The van der Waals surface area contributed by atoms with Gasteiger partial charge in [0.05, 0.1) is 6.20 Å². The third-order valence-corrected chi connectivity index (χ3v) is 2.46. The summed E-state index contributed by atoms with van der Waals surface area (Å²) in [5.41, 5.74) is 0. The number of hydrogen-bond acceptors (Lipinski definition) is 2. The summed E-state index contributed by atoms with van der Waals surface area (Å²) in [7, 11) is 0. The maximum atomic E-state index is 5.26. The molecule has 0 unspecified atom stereocenters. The lowest BCUT2D eigenvalue weighted by Crippen LogP contribution is -2.02. The molecule has 1 aromatic rings. The fourth-order valence-corrected chi connectivity index (χ4v) is 1.81. The summed E-state index contributed by atoms with van der Waals surface area (Å²) in [6.07, 6.45) is 10.1. The van der Waals surface area contributed by atoms with Crippen LogP contribution in [0.2, 0.25) is 0 Å². The van der Waals surface area contributed by atoms with Crippen molar-refractivity contribution in [2.45, 2.75) is 38.0 Å². The van der Waals surface area contributed by atoms with Crippen molar-refractivity contribution in [3.05, 3.63) is 18.4 Å². The second-order valence-electron chi connectivity index (χ2n) is 3.24. The van der Waals surface area contributed by atoms with E-state index in [1.807, 2.05) is 6.20 Å². The van der Waals surface area contributed by atoms with Gasteiger partial charge in [0.15, 0.2) is 6.39 Å². The zero-order valence-corrected chi connectivity index (χ0v) is 6.62. The van der Waals surface area contributed by atoms with Crippen LogP contribution < -0.4 is 0 Å². The van der Waals surface area contributed by atoms with Crippen LogP contribution in [0.4, 0.5) is 0 Å². The van der Waals surface area contributed by atoms with Gasteiger partial charge in [-0.05, 0) is 12.8 Å². The van der Waals surface area contributed by atoms with Crippen LogP contribution in [-0.4, -0.2) is 4.98 Å². The van der Waals surface area contributed by atoms with Gasteiger partial charge in [0.25, 0.3) is 0 Å². The van der Waals surface area contributed by atoms with E-state index in [0.717, 1.165) is 5.76 Å². The summed E-state index contributed by atoms with van der Waals surface area (Å²) in [6.45, 7) is 0. The Morgan fingerprint density at radius 1 is 1.27 bits per heavy atom. The average Bonchev–Trinajstić information content (AvgIpc) is 2.58. The molecule has 1 heterocycles. The van der Waals surface area contributed by atoms with Crippen LogP contribution in [0.25, 0.3) is 0 Å². The lowest BCUT2D eigenvalue weighted by atomic mass is 9.88. The van der Waals surface area contributed by atoms with Crippen molar-refractivity contribution >= 4 is 0 Å². The standard InChI is InChI=1S/C9H13NO/c1-2-4-8(5-3-1)9-6-10-7-11-9/h6-8H,1-5H2. The highest BCUT2D eigenvalue weighted by atomic mass is 16.3. The van der Waals surface area contributed by atoms with Crippen LogP contribution in [0.1, 0.15) is 43.8 Å². The van der Waals surface area contributed by atoms with Gasteiger partial charge in [-0.1, -0.05) is 19.3 Å². The van der Waals surface area contributed by atoms with E-state index in [0.29, 0.717) is 5.92 Å². The molecule has 0 bridgehead atoms. The average molecular weight is 151 g/mol. The minimum absolute atomic E-state index is 0.659. The Hall–Kier alpha value is -0.790. The van der Waals surface area contributed by atoms with Crippen molar-refractivity contribution in [1.82, 2.24) is 4.98 Å². The highest BCUT2D eigenvalue weighted by Crippen LogP contribution is 2.31. The number of aromatic nitrogens is 1. The second kappa shape index (κ2) is 3.07. The number of nitrogens with zero attached hydrogens (tertiary/aromatic N) is 1. The molecule has 0 saturated heterocycles. The molecule has 0 radical (unpaired) electrons. The zero-order chi connectivity index (χ0) is 7.52. The molecular formula is C9H13NO. The minimum atomic E-state index is 0.659. The lowest BCUT2D eigenvalue weighted by Gasteiger charge is -2.18. The largest absolute Gasteiger partial charge is 0.448 e. The van der Waals surface area contributed by atoms with Crippen molar-refractivity contribution in [1.29, 1.82) is 0 Å². The molecule has 1 aromatic heterocycles. The molecule has 2 heteroatoms. The van der Waals surface area contributed by atoms with E-state index in [2.05, 4.69) is 4.98 Å². The summed E-state index contributed by atoms with van der Waals surface area (Å²) >= 11 is 0. The smallest absolute Gasteiger partial charge is 0.180 e. The number of oxazole rings is 1. The molecule has 0 atom stereocenters. The van der Waals surface area contributed by atoms with Gasteiger partial charge in [-0.2, -0.15) is 0 Å². The van der Waals surface area contributed by atoms with Crippen molar-refractivity contribution in [2.24, 2.45) is 0 Å². The molecule has 0 aromatic carbocycles. The van der Waals surface area contributed by atoms with E-state index in [9.17, 15) is 0 Å². The summed E-state index contributed by atoms with van der Waals surface area (Å²) in [6, 6.07) is 0. The molecule has 2 rings (SSSR count). The maximum absolute atomic E-state index is 5.26. The van der Waals surface area contributed by atoms with Gasteiger partial charge in [0, 0.05) is 5.92 Å². The molecule has 60 valence electrons. The fraction of sp³-hybridized carbons (Fsp3) is 0.667. The molecule has 0 N–H and O–H groups in total. The van der Waals surface area contributed by atoms with E-state index < -0.39 is 0 Å². The van der Waals surface area contributed by atoms with Crippen LogP contribution >= 0.6 is 0 Å². The van der Waals surface area contributed by atoms with E-state index >= 15 is 0 Å². The van der Waals surface area contributed by atoms with Crippen LogP contribution in [-0.2, 0) is 0 Å². The molecule has 0 amide bonds. The topological polar surface area (TPSA) is 26.0 Å². The van der Waals surface area contributed by atoms with Crippen LogP contribution in [0.3, 0.4) is 0 Å². The molecule has 2 nitrogen and oxygen atoms in total. The van der Waals surface area contributed by atoms with Gasteiger partial charge < -0.3 is 4.42 Å². The first-order valence-corrected chi connectivity index (χ1v) is 4.35. The Morgan fingerprint density at radius 2 is 2.09 bits per heavy atom. The third kappa shape index (κ3) is 1.44. The molecular weight excluding hydrogens is 138 g/mol. The third-order valence-electron chi connectivity index (χ3n) is 2.46. The van der Waals surface area contributed by atoms with Gasteiger partial charge in [0.2, 0.25) is 0 Å². The summed E-state index contributed by atoms with van der Waals surface area (Å²) in [5, 5.41) is 0. The summed E-state index contributed by atoms with van der Waals surface area (Å²) < 4.78 is 5.26. The van der Waals surface area contributed by atoms with E-state index in [4.69, 9.17) is 4.42 Å². The fourth-order valence-electron chi connectivity index (χ4n) is 1.81. The van der Waals surface area contributed by atoms with E-state index in [-0.39, 0.29) is 0 Å². The maximum Gasteiger partial charge on any atom is 0.180 e. The first kappa shape index (κ1) is 6.89. The molecule has 1 saturated carbocycles. The van der Waals surface area contributed by atoms with Crippen molar-refractivity contribution in [3.63, 3.8) is 0 Å². The van der Waals surface area contributed by atoms with Crippen molar-refractivity contribution in [3.8, 4) is 0 Å². The summed E-state index contributed by atoms with van der Waals surface area (Å²) in [5.74, 6) is 1.75. The highest BCUT2D eigenvalue weighted by molar-refractivity contribution is 4.99. The quantitative estimate of drug-likeness (QED) is 0.616. The van der Waals surface area contributed by atoms with Crippen molar-refractivity contribution in [2.75, 3.05) is 0 Å². The zero-order valence-electron chi connectivity index (χ0n) is 6.62. The van der Waals surface area contributed by atoms with Gasteiger partial charge in [0.1, 0.15) is 5.76 Å². The molecule has 0 spiro atoms. The van der Waals surface area contributed by atoms with Crippen LogP contribution in [0, 0.1) is 0 Å². The molecule has 0 aliphatic heterocycles. The first-order valence-electron chi connectivity index (χ1n) is 4.35. The van der Waals surface area contributed by atoms with Gasteiger partial charge in [-0.3, -0.25) is 0 Å². The van der Waals surface area contributed by atoms with Crippen LogP contribution in [0.15, 0.2) is 17.0 Å². The first-order chi connectivity index (χ1) is 5.47. The number of hydrogen-bond donors (Lipinski definition) is 0. The Labute approximate surface area is 66.6 Å². The molecule has 1 fully saturated rings. The van der Waals surface area contributed by atoms with Gasteiger partial charge in [-0.25, -0.2) is 4.98 Å². The Bertz CT molecular complexity index is 199. The Kier molecular flexibility index (Phi) is 1.93. The predicted molar refractivity (Wildman–Crippen MR) is 42.3 cm³/mol. The molecule has 11 heavy (non-hydrogen) atoms. The van der Waals surface area contributed by atoms with Gasteiger partial charge >= 0.3 is 0 Å². The molecule has 1 aliphatic carbocycles. The highest BCUT2D eigenvalue weighted by Gasteiger charge is 2.17. The van der Waals surface area contributed by atoms with Crippen LogP contribution in [0.5, 0.6) is 0 Å².